The third-order valence-corrected chi connectivity index (χ3v) is 6.35. The Morgan fingerprint density at radius 1 is 1.06 bits per heavy atom. The molecule has 0 aliphatic carbocycles. The minimum Gasteiger partial charge on any atom is -0.755 e. The summed E-state index contributed by atoms with van der Waals surface area (Å²) in [5.74, 6) is -0.550. The molecular weight excluding hydrogens is 514 g/mol. The van der Waals surface area contributed by atoms with E-state index < -0.39 is 29.0 Å². The van der Waals surface area contributed by atoms with Crippen LogP contribution in [0.15, 0.2) is 60.7 Å². The molecule has 1 atom stereocenters. The van der Waals surface area contributed by atoms with Crippen molar-refractivity contribution in [1.29, 1.82) is 0 Å². The van der Waals surface area contributed by atoms with Crippen LogP contribution in [0.4, 0.5) is 18.9 Å². The van der Waals surface area contributed by atoms with Crippen LogP contribution in [0.5, 0.6) is 0 Å². The van der Waals surface area contributed by atoms with Crippen molar-refractivity contribution in [3.63, 3.8) is 0 Å². The number of hydrogen-bond donors (Lipinski definition) is 1. The summed E-state index contributed by atoms with van der Waals surface area (Å²) in [6.45, 7) is -0.121. The predicted molar refractivity (Wildman–Crippen MR) is 123 cm³/mol. The molecule has 0 spiro atoms. The first-order valence-corrected chi connectivity index (χ1v) is 11.6. The lowest BCUT2D eigenvalue weighted by atomic mass is 10.1. The lowest BCUT2D eigenvalue weighted by Crippen LogP contribution is -2.28. The first kappa shape index (κ1) is 26.0. The van der Waals surface area contributed by atoms with Crippen molar-refractivity contribution in [2.45, 2.75) is 19.1 Å². The van der Waals surface area contributed by atoms with Crippen molar-refractivity contribution in [2.24, 2.45) is 0 Å². The standard InChI is InChI=1S/C22H18Cl2F3N3O3S/c23-18-5-1-3-14(20(18)24)11-12-30(34(32)33)17-9-7-15(8-10-17)21(31)28-13-16-4-2-6-19(29-16)22(25,26)27/h1-10H,11-13H2,(H,28,31)(H,32,33)/p-1. The molecule has 34 heavy (non-hydrogen) atoms. The molecule has 6 nitrogen and oxygen atoms in total. The molecule has 1 aromatic heterocycles. The number of amides is 1. The number of halogens is 5. The van der Waals surface area contributed by atoms with Gasteiger partial charge < -0.3 is 14.2 Å². The van der Waals surface area contributed by atoms with E-state index in [0.29, 0.717) is 27.7 Å². The van der Waals surface area contributed by atoms with Crippen LogP contribution in [-0.2, 0) is 30.4 Å². The van der Waals surface area contributed by atoms with Crippen LogP contribution in [-0.4, -0.2) is 26.2 Å². The molecule has 1 amide bonds. The van der Waals surface area contributed by atoms with Crippen molar-refractivity contribution in [2.75, 3.05) is 10.8 Å². The average molecular weight is 531 g/mol. The summed E-state index contributed by atoms with van der Waals surface area (Å²) in [7, 11) is 0. The summed E-state index contributed by atoms with van der Waals surface area (Å²) in [5, 5.41) is 3.21. The summed E-state index contributed by atoms with van der Waals surface area (Å²) in [6, 6.07) is 14.2. The second kappa shape index (κ2) is 11.2. The van der Waals surface area contributed by atoms with Gasteiger partial charge in [0.15, 0.2) is 0 Å². The highest BCUT2D eigenvalue weighted by atomic mass is 35.5. The monoisotopic (exact) mass is 530 g/mol. The van der Waals surface area contributed by atoms with Crippen LogP contribution in [0, 0.1) is 0 Å². The van der Waals surface area contributed by atoms with Gasteiger partial charge in [0.25, 0.3) is 5.91 Å². The van der Waals surface area contributed by atoms with E-state index in [9.17, 15) is 26.7 Å². The van der Waals surface area contributed by atoms with E-state index in [2.05, 4.69) is 10.3 Å². The molecule has 0 fully saturated rings. The first-order chi connectivity index (χ1) is 16.1. The first-order valence-electron chi connectivity index (χ1n) is 9.77. The Kier molecular flexibility index (Phi) is 8.53. The number of aromatic nitrogens is 1. The van der Waals surface area contributed by atoms with Crippen LogP contribution < -0.4 is 9.62 Å². The topological polar surface area (TPSA) is 85.4 Å². The average Bonchev–Trinajstić information content (AvgIpc) is 2.80. The third-order valence-electron chi connectivity index (χ3n) is 4.74. The van der Waals surface area contributed by atoms with E-state index in [0.717, 1.165) is 10.4 Å². The number of rotatable bonds is 8. The fourth-order valence-corrected chi connectivity index (χ4v) is 3.99. The smallest absolute Gasteiger partial charge is 0.433 e. The van der Waals surface area contributed by atoms with Gasteiger partial charge in [-0.25, -0.2) is 4.98 Å². The zero-order valence-electron chi connectivity index (χ0n) is 17.3. The molecule has 1 N–H and O–H groups in total. The van der Waals surface area contributed by atoms with E-state index in [4.69, 9.17) is 23.2 Å². The van der Waals surface area contributed by atoms with Crippen molar-refractivity contribution in [3.05, 3.63) is 93.2 Å². The normalized spacial score (nSPS) is 12.3. The summed E-state index contributed by atoms with van der Waals surface area (Å²) in [6.07, 6.45) is -4.28. The summed E-state index contributed by atoms with van der Waals surface area (Å²) in [4.78, 5) is 15.9. The Balaban J connectivity index is 1.64. The molecule has 12 heteroatoms. The second-order valence-corrected chi connectivity index (χ2v) is 8.68. The van der Waals surface area contributed by atoms with Crippen molar-refractivity contribution < 1.29 is 26.7 Å². The maximum absolute atomic E-state index is 12.8. The molecule has 1 unspecified atom stereocenters. The molecular formula is C22H17Cl2F3N3O3S-. The zero-order chi connectivity index (χ0) is 24.9. The second-order valence-electron chi connectivity index (χ2n) is 7.02. The highest BCUT2D eigenvalue weighted by Gasteiger charge is 2.32. The Morgan fingerprint density at radius 3 is 2.38 bits per heavy atom. The summed E-state index contributed by atoms with van der Waals surface area (Å²) >= 11 is 9.55. The molecule has 3 rings (SSSR count). The molecule has 2 aromatic carbocycles. The van der Waals surface area contributed by atoms with Gasteiger partial charge in [-0.3, -0.25) is 9.00 Å². The summed E-state index contributed by atoms with van der Waals surface area (Å²) in [5.41, 5.74) is 0.206. The Morgan fingerprint density at radius 2 is 1.74 bits per heavy atom. The van der Waals surface area contributed by atoms with E-state index >= 15 is 0 Å². The van der Waals surface area contributed by atoms with Crippen LogP contribution >= 0.6 is 23.2 Å². The van der Waals surface area contributed by atoms with Gasteiger partial charge >= 0.3 is 6.18 Å². The number of hydrogen-bond acceptors (Lipinski definition) is 4. The fraction of sp³-hybridized carbons (Fsp3) is 0.182. The lowest BCUT2D eigenvalue weighted by molar-refractivity contribution is -0.141. The maximum Gasteiger partial charge on any atom is 0.433 e. The molecule has 0 aliphatic heterocycles. The van der Waals surface area contributed by atoms with Crippen LogP contribution in [0.1, 0.15) is 27.3 Å². The predicted octanol–water partition coefficient (Wildman–Crippen LogP) is 5.18. The highest BCUT2D eigenvalue weighted by Crippen LogP contribution is 2.28. The number of nitrogens with one attached hydrogen (secondary N) is 1. The van der Waals surface area contributed by atoms with E-state index in [1.807, 2.05) is 0 Å². The molecule has 0 aliphatic rings. The summed E-state index contributed by atoms with van der Waals surface area (Å²) < 4.78 is 62.9. The lowest BCUT2D eigenvalue weighted by Gasteiger charge is -2.26. The minimum atomic E-state index is -4.58. The van der Waals surface area contributed by atoms with Crippen molar-refractivity contribution in [3.8, 4) is 0 Å². The van der Waals surface area contributed by atoms with E-state index in [1.165, 1.54) is 36.4 Å². The number of benzene rings is 2. The number of carbonyl (C=O) groups excluding carboxylic acids is 1. The van der Waals surface area contributed by atoms with Gasteiger partial charge in [0.2, 0.25) is 0 Å². The largest absolute Gasteiger partial charge is 0.755 e. The van der Waals surface area contributed by atoms with Gasteiger partial charge in [-0.15, -0.1) is 0 Å². The van der Waals surface area contributed by atoms with Gasteiger partial charge in [0.1, 0.15) is 5.69 Å². The Bertz CT molecular complexity index is 1190. The highest BCUT2D eigenvalue weighted by molar-refractivity contribution is 7.80. The van der Waals surface area contributed by atoms with Gasteiger partial charge in [0, 0.05) is 29.1 Å². The van der Waals surface area contributed by atoms with E-state index in [-0.39, 0.29) is 24.3 Å². The minimum absolute atomic E-state index is 0.0485. The number of carbonyl (C=O) groups is 1. The van der Waals surface area contributed by atoms with Gasteiger partial charge in [-0.05, 0) is 54.4 Å². The zero-order valence-corrected chi connectivity index (χ0v) is 19.6. The number of nitrogens with zero attached hydrogens (tertiary/aromatic N) is 2. The van der Waals surface area contributed by atoms with Crippen molar-refractivity contribution in [1.82, 2.24) is 10.3 Å². The van der Waals surface area contributed by atoms with Crippen LogP contribution in [0.25, 0.3) is 0 Å². The Hall–Kier alpha value is -2.66. The quantitative estimate of drug-likeness (QED) is 0.406. The molecule has 180 valence electrons. The SMILES string of the molecule is O=C(NCc1cccc(C(F)(F)F)n1)c1ccc(N(CCc2cccc(Cl)c2Cl)S(=O)[O-])cc1. The number of pyridine rings is 1. The molecule has 0 saturated carbocycles. The fourth-order valence-electron chi connectivity index (χ4n) is 3.04. The third kappa shape index (κ3) is 6.69. The molecule has 0 saturated heterocycles. The van der Waals surface area contributed by atoms with E-state index in [1.54, 1.807) is 18.2 Å². The molecule has 3 aromatic rings. The molecule has 1 heterocycles. The molecule has 0 bridgehead atoms. The Labute approximate surface area is 206 Å². The van der Waals surface area contributed by atoms with Gasteiger partial charge in [0.05, 0.1) is 22.3 Å². The molecule has 0 radical (unpaired) electrons. The van der Waals surface area contributed by atoms with Gasteiger partial charge in [-0.1, -0.05) is 41.4 Å². The maximum atomic E-state index is 12.8. The number of anilines is 1. The van der Waals surface area contributed by atoms with Crippen LogP contribution in [0.3, 0.4) is 0 Å². The van der Waals surface area contributed by atoms with Gasteiger partial charge in [-0.2, -0.15) is 13.2 Å². The number of alkyl halides is 3. The van der Waals surface area contributed by atoms with Crippen molar-refractivity contribution >= 4 is 46.1 Å². The van der Waals surface area contributed by atoms with Crippen LogP contribution in [0.2, 0.25) is 10.0 Å².